The Hall–Kier alpha value is -1.70. The number of hydrogen-bond donors (Lipinski definition) is 3. The molecule has 1 aromatic heterocycles. The topological polar surface area (TPSA) is 91.7 Å². The maximum Gasteiger partial charge on any atom is 0.407 e. The number of carbonyl (C=O) groups is 1. The maximum atomic E-state index is 11.5. The van der Waals surface area contributed by atoms with Crippen LogP contribution in [0, 0.1) is 0 Å². The zero-order chi connectivity index (χ0) is 17.0. The number of nitrogens with one attached hydrogen (secondary N) is 1. The first kappa shape index (κ1) is 17.7. The van der Waals surface area contributed by atoms with Crippen molar-refractivity contribution in [3.05, 3.63) is 29.3 Å². The van der Waals surface area contributed by atoms with Crippen LogP contribution in [0.1, 0.15) is 38.3 Å². The number of alkyl carbamates (subject to hydrolysis) is 1. The van der Waals surface area contributed by atoms with Crippen molar-refractivity contribution in [1.82, 2.24) is 10.3 Å². The van der Waals surface area contributed by atoms with Crippen LogP contribution in [0.4, 0.5) is 4.79 Å². The van der Waals surface area contributed by atoms with Crippen molar-refractivity contribution in [3.8, 4) is 0 Å². The molecule has 126 valence electrons. The summed E-state index contributed by atoms with van der Waals surface area (Å²) in [5.41, 5.74) is 0.231. The zero-order valence-electron chi connectivity index (χ0n) is 13.4. The van der Waals surface area contributed by atoms with E-state index in [0.29, 0.717) is 5.01 Å². The standard InChI is InChI=1S/C16H22N2O4S/c1-16(2,3)22-15(21)17-9-8-11(19)13(20)14-18-10-6-4-5-7-12(10)23-14/h4-7,11,13,19-20H,8-9H2,1-3H3,(H,17,21). The van der Waals surface area contributed by atoms with E-state index >= 15 is 0 Å². The molecule has 23 heavy (non-hydrogen) atoms. The Balaban J connectivity index is 1.85. The van der Waals surface area contributed by atoms with Crippen LogP contribution in [0.15, 0.2) is 24.3 Å². The molecule has 2 unspecified atom stereocenters. The highest BCUT2D eigenvalue weighted by Gasteiger charge is 2.22. The van der Waals surface area contributed by atoms with Crippen LogP contribution in [0.5, 0.6) is 0 Å². The number of thiazole rings is 1. The van der Waals surface area contributed by atoms with Crippen molar-refractivity contribution in [2.24, 2.45) is 0 Å². The van der Waals surface area contributed by atoms with E-state index in [1.54, 1.807) is 20.8 Å². The predicted octanol–water partition coefficient (Wildman–Crippen LogP) is 2.61. The Morgan fingerprint density at radius 1 is 1.35 bits per heavy atom. The van der Waals surface area contributed by atoms with Crippen molar-refractivity contribution in [2.75, 3.05) is 6.54 Å². The highest BCUT2D eigenvalue weighted by Crippen LogP contribution is 2.28. The molecule has 0 aliphatic heterocycles. The normalized spacial score (nSPS) is 14.5. The fourth-order valence-corrected chi connectivity index (χ4v) is 2.99. The molecule has 1 heterocycles. The quantitative estimate of drug-likeness (QED) is 0.779. The Labute approximate surface area is 139 Å². The Morgan fingerprint density at radius 2 is 2.04 bits per heavy atom. The minimum Gasteiger partial charge on any atom is -0.444 e. The third-order valence-corrected chi connectivity index (χ3v) is 4.14. The maximum absolute atomic E-state index is 11.5. The third kappa shape index (κ3) is 5.16. The van der Waals surface area contributed by atoms with Crippen LogP contribution in [-0.4, -0.2) is 39.5 Å². The summed E-state index contributed by atoms with van der Waals surface area (Å²) >= 11 is 1.35. The minimum atomic E-state index is -1.08. The fourth-order valence-electron chi connectivity index (χ4n) is 1.98. The van der Waals surface area contributed by atoms with Gasteiger partial charge >= 0.3 is 6.09 Å². The van der Waals surface area contributed by atoms with Gasteiger partial charge in [0.15, 0.2) is 0 Å². The zero-order valence-corrected chi connectivity index (χ0v) is 14.3. The van der Waals surface area contributed by atoms with Gasteiger partial charge in [0.25, 0.3) is 0 Å². The summed E-state index contributed by atoms with van der Waals surface area (Å²) in [4.78, 5) is 15.8. The van der Waals surface area contributed by atoms with Gasteiger partial charge in [0.1, 0.15) is 16.7 Å². The molecule has 7 heteroatoms. The van der Waals surface area contributed by atoms with Gasteiger partial charge in [-0.2, -0.15) is 0 Å². The number of fused-ring (bicyclic) bond motifs is 1. The molecule has 0 aliphatic carbocycles. The monoisotopic (exact) mass is 338 g/mol. The van der Waals surface area contributed by atoms with Crippen LogP contribution in [-0.2, 0) is 4.74 Å². The van der Waals surface area contributed by atoms with Crippen LogP contribution in [0.25, 0.3) is 10.2 Å². The van der Waals surface area contributed by atoms with Crippen LogP contribution in [0.2, 0.25) is 0 Å². The Morgan fingerprint density at radius 3 is 2.70 bits per heavy atom. The second-order valence-corrected chi connectivity index (χ2v) is 7.31. The Bertz CT molecular complexity index is 632. The minimum absolute atomic E-state index is 0.205. The number of aliphatic hydroxyl groups is 2. The van der Waals surface area contributed by atoms with Gasteiger partial charge in [-0.1, -0.05) is 12.1 Å². The highest BCUT2D eigenvalue weighted by atomic mass is 32.1. The van der Waals surface area contributed by atoms with Gasteiger partial charge in [0, 0.05) is 6.54 Å². The molecule has 2 aromatic rings. The Kier molecular flexibility index (Phi) is 5.56. The van der Waals surface area contributed by atoms with Crippen LogP contribution < -0.4 is 5.32 Å². The van der Waals surface area contributed by atoms with Gasteiger partial charge in [-0.25, -0.2) is 9.78 Å². The van der Waals surface area contributed by atoms with Gasteiger partial charge in [-0.05, 0) is 39.3 Å². The SMILES string of the molecule is CC(C)(C)OC(=O)NCCC(O)C(O)c1nc2ccccc2s1. The van der Waals surface area contributed by atoms with Gasteiger partial charge in [0.05, 0.1) is 16.3 Å². The first-order valence-electron chi connectivity index (χ1n) is 7.45. The smallest absolute Gasteiger partial charge is 0.407 e. The van der Waals surface area contributed by atoms with E-state index in [-0.39, 0.29) is 13.0 Å². The van der Waals surface area contributed by atoms with Crippen molar-refractivity contribution in [3.63, 3.8) is 0 Å². The van der Waals surface area contributed by atoms with Crippen LogP contribution >= 0.6 is 11.3 Å². The molecular formula is C16H22N2O4S. The largest absolute Gasteiger partial charge is 0.444 e. The number of amides is 1. The average Bonchev–Trinajstić information content (AvgIpc) is 2.88. The first-order chi connectivity index (χ1) is 10.8. The summed E-state index contributed by atoms with van der Waals surface area (Å²) in [6.45, 7) is 5.53. The molecule has 6 nitrogen and oxygen atoms in total. The van der Waals surface area contributed by atoms with E-state index in [4.69, 9.17) is 4.74 Å². The van der Waals surface area contributed by atoms with E-state index < -0.39 is 23.9 Å². The molecule has 0 saturated heterocycles. The number of ether oxygens (including phenoxy) is 1. The summed E-state index contributed by atoms with van der Waals surface area (Å²) in [6, 6.07) is 7.55. The average molecular weight is 338 g/mol. The lowest BCUT2D eigenvalue weighted by Crippen LogP contribution is -2.34. The molecular weight excluding hydrogens is 316 g/mol. The molecule has 2 atom stereocenters. The van der Waals surface area contributed by atoms with Gasteiger partial charge in [0.2, 0.25) is 0 Å². The molecule has 0 fully saturated rings. The predicted molar refractivity (Wildman–Crippen MR) is 89.4 cm³/mol. The van der Waals surface area contributed by atoms with E-state index in [0.717, 1.165) is 10.2 Å². The summed E-state index contributed by atoms with van der Waals surface area (Å²) in [6.07, 6.45) is -2.42. The number of para-hydroxylation sites is 1. The lowest BCUT2D eigenvalue weighted by Gasteiger charge is -2.20. The molecule has 1 aromatic carbocycles. The number of rotatable bonds is 5. The second kappa shape index (κ2) is 7.25. The van der Waals surface area contributed by atoms with Crippen molar-refractivity contribution < 1.29 is 19.7 Å². The highest BCUT2D eigenvalue weighted by molar-refractivity contribution is 7.18. The molecule has 0 bridgehead atoms. The van der Waals surface area contributed by atoms with E-state index in [1.807, 2.05) is 24.3 Å². The summed E-state index contributed by atoms with van der Waals surface area (Å²) in [5, 5.41) is 23.3. The molecule has 0 spiro atoms. The third-order valence-electron chi connectivity index (χ3n) is 3.04. The van der Waals surface area contributed by atoms with E-state index in [9.17, 15) is 15.0 Å². The molecule has 1 amide bonds. The molecule has 0 aliphatic rings. The lowest BCUT2D eigenvalue weighted by atomic mass is 10.1. The first-order valence-corrected chi connectivity index (χ1v) is 8.26. The number of aliphatic hydroxyl groups excluding tert-OH is 2. The van der Waals surface area contributed by atoms with Crippen molar-refractivity contribution in [2.45, 2.75) is 45.0 Å². The number of carbonyl (C=O) groups excluding carboxylic acids is 1. The number of benzene rings is 1. The summed E-state index contributed by atoms with van der Waals surface area (Å²) < 4.78 is 6.06. The van der Waals surface area contributed by atoms with E-state index in [2.05, 4.69) is 10.3 Å². The molecule has 0 saturated carbocycles. The summed E-state index contributed by atoms with van der Waals surface area (Å²) in [5.74, 6) is 0. The second-order valence-electron chi connectivity index (χ2n) is 6.25. The summed E-state index contributed by atoms with van der Waals surface area (Å²) in [7, 11) is 0. The lowest BCUT2D eigenvalue weighted by molar-refractivity contribution is 0.0123. The van der Waals surface area contributed by atoms with Crippen molar-refractivity contribution >= 4 is 27.6 Å². The van der Waals surface area contributed by atoms with Crippen molar-refractivity contribution in [1.29, 1.82) is 0 Å². The molecule has 2 rings (SSSR count). The van der Waals surface area contributed by atoms with E-state index in [1.165, 1.54) is 11.3 Å². The van der Waals surface area contributed by atoms with Gasteiger partial charge in [-0.15, -0.1) is 11.3 Å². The van der Waals surface area contributed by atoms with Gasteiger partial charge in [-0.3, -0.25) is 0 Å². The number of nitrogens with zero attached hydrogens (tertiary/aromatic N) is 1. The number of aromatic nitrogens is 1. The van der Waals surface area contributed by atoms with Crippen LogP contribution in [0.3, 0.4) is 0 Å². The fraction of sp³-hybridized carbons (Fsp3) is 0.500. The number of hydrogen-bond acceptors (Lipinski definition) is 6. The molecule has 3 N–H and O–H groups in total. The van der Waals surface area contributed by atoms with Gasteiger partial charge < -0.3 is 20.3 Å². The molecule has 0 radical (unpaired) electrons.